The molecule has 1 aliphatic rings. The Hall–Kier alpha value is -3.19. The Morgan fingerprint density at radius 1 is 1.00 bits per heavy atom. The minimum atomic E-state index is -0.604. The van der Waals surface area contributed by atoms with E-state index < -0.39 is 6.04 Å². The highest BCUT2D eigenvalue weighted by atomic mass is 16.2. The van der Waals surface area contributed by atoms with E-state index in [4.69, 9.17) is 0 Å². The lowest BCUT2D eigenvalue weighted by Crippen LogP contribution is -2.54. The molecule has 1 unspecified atom stereocenters. The number of nitrogens with zero attached hydrogens (tertiary/aromatic N) is 1. The fourth-order valence-corrected chi connectivity index (χ4v) is 4.00. The third-order valence-corrected chi connectivity index (χ3v) is 5.87. The van der Waals surface area contributed by atoms with Crippen molar-refractivity contribution in [1.29, 1.82) is 0 Å². The highest BCUT2D eigenvalue weighted by molar-refractivity contribution is 5.97. The van der Waals surface area contributed by atoms with Gasteiger partial charge in [0.1, 0.15) is 6.04 Å². The molecule has 1 atom stereocenters. The maximum atomic E-state index is 12.9. The van der Waals surface area contributed by atoms with Gasteiger partial charge < -0.3 is 16.0 Å². The molecule has 7 nitrogen and oxygen atoms in total. The minimum absolute atomic E-state index is 0.0306. The van der Waals surface area contributed by atoms with Crippen molar-refractivity contribution in [2.45, 2.75) is 45.7 Å². The third-order valence-electron chi connectivity index (χ3n) is 5.87. The summed E-state index contributed by atoms with van der Waals surface area (Å²) in [5, 5.41) is 8.90. The Kier molecular flexibility index (Phi) is 8.60. The number of benzene rings is 2. The smallest absolute Gasteiger partial charge is 0.251 e. The normalized spacial score (nSPS) is 15.6. The Labute approximate surface area is 195 Å². The lowest BCUT2D eigenvalue weighted by Gasteiger charge is -2.33. The summed E-state index contributed by atoms with van der Waals surface area (Å²) in [5.74, 6) is -0.485. The zero-order valence-electron chi connectivity index (χ0n) is 19.6. The van der Waals surface area contributed by atoms with Crippen molar-refractivity contribution in [3.63, 3.8) is 0 Å². The molecule has 1 fully saturated rings. The number of aryl methyl sites for hydroxylation is 1. The lowest BCUT2D eigenvalue weighted by molar-refractivity contribution is -0.125. The van der Waals surface area contributed by atoms with Crippen molar-refractivity contribution >= 4 is 23.4 Å². The molecule has 2 aromatic rings. The summed E-state index contributed by atoms with van der Waals surface area (Å²) < 4.78 is 0. The van der Waals surface area contributed by atoms with E-state index in [9.17, 15) is 14.4 Å². The van der Waals surface area contributed by atoms with Crippen LogP contribution in [0.25, 0.3) is 0 Å². The molecule has 1 heterocycles. The van der Waals surface area contributed by atoms with Crippen LogP contribution >= 0.6 is 0 Å². The van der Waals surface area contributed by atoms with Gasteiger partial charge in [-0.2, -0.15) is 0 Å². The number of hydrogen-bond donors (Lipinski definition) is 3. The molecule has 0 bridgehead atoms. The average Bonchev–Trinajstić information content (AvgIpc) is 2.79. The van der Waals surface area contributed by atoms with Gasteiger partial charge in [0.15, 0.2) is 0 Å². The first-order valence-electron chi connectivity index (χ1n) is 11.6. The summed E-state index contributed by atoms with van der Waals surface area (Å²) in [6.07, 6.45) is 1.53. The molecule has 1 saturated heterocycles. The first-order chi connectivity index (χ1) is 15.8. The van der Waals surface area contributed by atoms with Gasteiger partial charge in [-0.05, 0) is 49.9 Å². The van der Waals surface area contributed by atoms with Crippen LogP contribution in [0.1, 0.15) is 42.6 Å². The van der Waals surface area contributed by atoms with Crippen LogP contribution in [0.4, 0.5) is 5.69 Å². The second kappa shape index (κ2) is 11.6. The largest absolute Gasteiger partial charge is 0.351 e. The molecular formula is C26H34N4O3. The van der Waals surface area contributed by atoms with Crippen molar-refractivity contribution < 1.29 is 14.4 Å². The number of carbonyl (C=O) groups is 3. The Morgan fingerprint density at radius 2 is 1.70 bits per heavy atom. The molecule has 0 spiro atoms. The second-order valence-electron chi connectivity index (χ2n) is 9.04. The highest BCUT2D eigenvalue weighted by Gasteiger charge is 2.28. The lowest BCUT2D eigenvalue weighted by atomic mass is 10.00. The quantitative estimate of drug-likeness (QED) is 0.577. The molecular weight excluding hydrogens is 416 g/mol. The summed E-state index contributed by atoms with van der Waals surface area (Å²) in [4.78, 5) is 40.0. The second-order valence-corrected chi connectivity index (χ2v) is 9.04. The van der Waals surface area contributed by atoms with Crippen molar-refractivity contribution in [3.05, 3.63) is 65.7 Å². The molecule has 33 heavy (non-hydrogen) atoms. The number of nitrogens with one attached hydrogen (secondary N) is 3. The number of carbonyl (C=O) groups excluding carboxylic acids is 3. The number of anilines is 1. The Morgan fingerprint density at radius 3 is 2.33 bits per heavy atom. The monoisotopic (exact) mass is 450 g/mol. The van der Waals surface area contributed by atoms with Crippen LogP contribution < -0.4 is 16.0 Å². The van der Waals surface area contributed by atoms with Gasteiger partial charge in [-0.1, -0.05) is 49.7 Å². The Bertz CT molecular complexity index is 953. The minimum Gasteiger partial charge on any atom is -0.351 e. The summed E-state index contributed by atoms with van der Waals surface area (Å²) >= 11 is 0. The van der Waals surface area contributed by atoms with Gasteiger partial charge in [-0.3, -0.25) is 19.3 Å². The van der Waals surface area contributed by atoms with Crippen LogP contribution in [0.3, 0.4) is 0 Å². The van der Waals surface area contributed by atoms with Crippen LogP contribution in [0.5, 0.6) is 0 Å². The molecule has 2 aromatic carbocycles. The average molecular weight is 451 g/mol. The van der Waals surface area contributed by atoms with Crippen LogP contribution in [0, 0.1) is 12.8 Å². The van der Waals surface area contributed by atoms with Crippen LogP contribution in [-0.2, 0) is 9.59 Å². The summed E-state index contributed by atoms with van der Waals surface area (Å²) in [6.45, 7) is 7.57. The van der Waals surface area contributed by atoms with Gasteiger partial charge in [0, 0.05) is 30.4 Å². The van der Waals surface area contributed by atoms with E-state index in [1.54, 1.807) is 6.07 Å². The molecule has 0 aromatic heterocycles. The number of amides is 3. The molecule has 3 N–H and O–H groups in total. The molecule has 1 aliphatic heterocycles. The Balaban J connectivity index is 1.46. The van der Waals surface area contributed by atoms with Crippen molar-refractivity contribution in [3.8, 4) is 0 Å². The number of piperidine rings is 1. The summed E-state index contributed by atoms with van der Waals surface area (Å²) in [7, 11) is 0. The number of hydrogen-bond acceptors (Lipinski definition) is 4. The SMILES string of the molecule is Cc1cccc(C(=O)NC(C(=O)NC2CCN(CC(=O)Nc3ccccc3)CC2)C(C)C)c1. The first-order valence-corrected chi connectivity index (χ1v) is 11.6. The fourth-order valence-electron chi connectivity index (χ4n) is 4.00. The maximum Gasteiger partial charge on any atom is 0.251 e. The van der Waals surface area contributed by atoms with Gasteiger partial charge in [0.2, 0.25) is 11.8 Å². The fraction of sp³-hybridized carbons (Fsp3) is 0.423. The van der Waals surface area contributed by atoms with E-state index in [-0.39, 0.29) is 29.7 Å². The zero-order chi connectivity index (χ0) is 23.8. The van der Waals surface area contributed by atoms with Crippen molar-refractivity contribution in [2.24, 2.45) is 5.92 Å². The predicted molar refractivity (Wildman–Crippen MR) is 130 cm³/mol. The molecule has 0 saturated carbocycles. The van der Waals surface area contributed by atoms with E-state index in [1.165, 1.54) is 0 Å². The number of likely N-dealkylation sites (tertiary alicyclic amines) is 1. The summed E-state index contributed by atoms with van der Waals surface area (Å²) in [5.41, 5.74) is 2.34. The van der Waals surface area contributed by atoms with Gasteiger partial charge in [-0.15, -0.1) is 0 Å². The van der Waals surface area contributed by atoms with E-state index in [0.717, 1.165) is 37.2 Å². The van der Waals surface area contributed by atoms with E-state index in [2.05, 4.69) is 20.9 Å². The highest BCUT2D eigenvalue weighted by Crippen LogP contribution is 2.13. The molecule has 0 aliphatic carbocycles. The predicted octanol–water partition coefficient (Wildman–Crippen LogP) is 2.97. The molecule has 7 heteroatoms. The molecule has 3 amide bonds. The maximum absolute atomic E-state index is 12.9. The third kappa shape index (κ3) is 7.43. The standard InChI is InChI=1S/C26H34N4O3/c1-18(2)24(29-25(32)20-9-7-8-19(3)16-20)26(33)28-22-12-14-30(15-13-22)17-23(31)27-21-10-5-4-6-11-21/h4-11,16,18,22,24H,12-15,17H2,1-3H3,(H,27,31)(H,28,33)(H,29,32). The zero-order valence-corrected chi connectivity index (χ0v) is 19.6. The molecule has 176 valence electrons. The number of para-hydroxylation sites is 1. The molecule has 3 rings (SSSR count). The molecule has 0 radical (unpaired) electrons. The van der Waals surface area contributed by atoms with Crippen molar-refractivity contribution in [2.75, 3.05) is 25.0 Å². The van der Waals surface area contributed by atoms with E-state index in [0.29, 0.717) is 12.1 Å². The van der Waals surface area contributed by atoms with Gasteiger partial charge in [0.25, 0.3) is 5.91 Å². The van der Waals surface area contributed by atoms with Gasteiger partial charge >= 0.3 is 0 Å². The van der Waals surface area contributed by atoms with Crippen LogP contribution in [-0.4, -0.2) is 54.3 Å². The van der Waals surface area contributed by atoms with Crippen molar-refractivity contribution in [1.82, 2.24) is 15.5 Å². The van der Waals surface area contributed by atoms with E-state index >= 15 is 0 Å². The topological polar surface area (TPSA) is 90.5 Å². The van der Waals surface area contributed by atoms with Gasteiger partial charge in [0.05, 0.1) is 6.54 Å². The summed E-state index contributed by atoms with van der Waals surface area (Å²) in [6, 6.07) is 16.2. The van der Waals surface area contributed by atoms with Gasteiger partial charge in [-0.25, -0.2) is 0 Å². The van der Waals surface area contributed by atoms with Crippen LogP contribution in [0.15, 0.2) is 54.6 Å². The van der Waals surface area contributed by atoms with Crippen LogP contribution in [0.2, 0.25) is 0 Å². The first kappa shape index (κ1) is 24.5. The number of rotatable bonds is 8. The van der Waals surface area contributed by atoms with E-state index in [1.807, 2.05) is 69.3 Å².